The molecule has 0 atom stereocenters. The molecule has 0 amide bonds. The molecule has 130 valence electrons. The van der Waals surface area contributed by atoms with Crippen molar-refractivity contribution in [2.75, 3.05) is 46.6 Å². The Kier molecular flexibility index (Phi) is 10.9. The van der Waals surface area contributed by atoms with Crippen molar-refractivity contribution in [2.45, 2.75) is 26.7 Å². The summed E-state index contributed by atoms with van der Waals surface area (Å²) in [6.45, 7) is 8.70. The van der Waals surface area contributed by atoms with Crippen LogP contribution in [0.2, 0.25) is 0 Å². The predicted octanol–water partition coefficient (Wildman–Crippen LogP) is 2.15. The second-order valence-electron chi connectivity index (χ2n) is 5.39. The predicted molar refractivity (Wildman–Crippen MR) is 96.2 cm³/mol. The Hall–Kier alpha value is -1.59. The maximum Gasteiger partial charge on any atom is 0.191 e. The molecule has 0 saturated heterocycles. The second-order valence-corrected chi connectivity index (χ2v) is 5.39. The number of hydrogen-bond donors (Lipinski definition) is 2. The first kappa shape index (κ1) is 19.5. The van der Waals surface area contributed by atoms with Crippen LogP contribution in [-0.2, 0) is 15.9 Å². The van der Waals surface area contributed by atoms with Crippen molar-refractivity contribution in [1.82, 2.24) is 10.6 Å². The first-order valence-electron chi connectivity index (χ1n) is 8.40. The highest BCUT2D eigenvalue weighted by Gasteiger charge is 1.98. The Morgan fingerprint density at radius 2 is 2.04 bits per heavy atom. The molecule has 0 aliphatic carbocycles. The lowest BCUT2D eigenvalue weighted by Crippen LogP contribution is -2.38. The van der Waals surface area contributed by atoms with Gasteiger partial charge >= 0.3 is 0 Å². The van der Waals surface area contributed by atoms with Crippen molar-refractivity contribution < 1.29 is 9.47 Å². The zero-order valence-electron chi connectivity index (χ0n) is 14.7. The van der Waals surface area contributed by atoms with Gasteiger partial charge in [-0.25, -0.2) is 0 Å². The number of aliphatic imine (C=N–C) groups is 1. The Morgan fingerprint density at radius 3 is 2.78 bits per heavy atom. The van der Waals surface area contributed by atoms with Crippen LogP contribution in [-0.4, -0.2) is 52.5 Å². The number of rotatable bonds is 11. The molecule has 0 aromatic heterocycles. The van der Waals surface area contributed by atoms with Crippen molar-refractivity contribution in [3.05, 3.63) is 35.4 Å². The molecule has 2 N–H and O–H groups in total. The van der Waals surface area contributed by atoms with Crippen LogP contribution in [0.1, 0.15) is 24.5 Å². The number of methoxy groups -OCH3 is 1. The van der Waals surface area contributed by atoms with Gasteiger partial charge < -0.3 is 20.1 Å². The van der Waals surface area contributed by atoms with Gasteiger partial charge in [0.15, 0.2) is 5.96 Å². The number of hydrogen-bond acceptors (Lipinski definition) is 3. The van der Waals surface area contributed by atoms with Gasteiger partial charge in [0.05, 0.1) is 13.2 Å². The molecule has 1 aromatic rings. The molecule has 0 heterocycles. The second kappa shape index (κ2) is 12.9. The number of aryl methyl sites for hydroxylation is 1. The summed E-state index contributed by atoms with van der Waals surface area (Å²) in [5.41, 5.74) is 2.65. The Bertz CT molecular complexity index is 450. The molecule has 23 heavy (non-hydrogen) atoms. The molecule has 5 heteroatoms. The summed E-state index contributed by atoms with van der Waals surface area (Å²) in [5.74, 6) is 0.872. The summed E-state index contributed by atoms with van der Waals surface area (Å²) >= 11 is 0. The van der Waals surface area contributed by atoms with Gasteiger partial charge in [0.1, 0.15) is 0 Å². The first-order valence-corrected chi connectivity index (χ1v) is 8.40. The van der Waals surface area contributed by atoms with Crippen molar-refractivity contribution >= 4 is 5.96 Å². The highest BCUT2D eigenvalue weighted by atomic mass is 16.5. The first-order chi connectivity index (χ1) is 11.3. The van der Waals surface area contributed by atoms with E-state index in [0.29, 0.717) is 13.2 Å². The normalized spacial score (nSPS) is 11.5. The molecular formula is C18H31N3O2. The highest BCUT2D eigenvalue weighted by Crippen LogP contribution is 2.03. The van der Waals surface area contributed by atoms with E-state index in [1.54, 1.807) is 7.11 Å². The fourth-order valence-corrected chi connectivity index (χ4v) is 2.14. The third-order valence-electron chi connectivity index (χ3n) is 3.28. The minimum atomic E-state index is 0.645. The number of nitrogens with zero attached hydrogens (tertiary/aromatic N) is 1. The molecule has 0 aliphatic heterocycles. The van der Waals surface area contributed by atoms with E-state index in [4.69, 9.17) is 9.47 Å². The van der Waals surface area contributed by atoms with E-state index >= 15 is 0 Å². The Labute approximate surface area is 140 Å². The van der Waals surface area contributed by atoms with Crippen molar-refractivity contribution in [2.24, 2.45) is 4.99 Å². The van der Waals surface area contributed by atoms with E-state index in [-0.39, 0.29) is 0 Å². The monoisotopic (exact) mass is 321 g/mol. The molecule has 1 aromatic carbocycles. The third kappa shape index (κ3) is 9.92. The third-order valence-corrected chi connectivity index (χ3v) is 3.28. The van der Waals surface area contributed by atoms with E-state index in [0.717, 1.165) is 45.0 Å². The lowest BCUT2D eigenvalue weighted by molar-refractivity contribution is 0.0702. The molecule has 0 fully saturated rings. The molecule has 0 radical (unpaired) electrons. The fourth-order valence-electron chi connectivity index (χ4n) is 2.14. The summed E-state index contributed by atoms with van der Waals surface area (Å²) < 4.78 is 10.4. The van der Waals surface area contributed by atoms with E-state index < -0.39 is 0 Å². The molecule has 5 nitrogen and oxygen atoms in total. The van der Waals surface area contributed by atoms with E-state index in [2.05, 4.69) is 53.7 Å². The van der Waals surface area contributed by atoms with Crippen LogP contribution >= 0.6 is 0 Å². The Balaban J connectivity index is 2.23. The van der Waals surface area contributed by atoms with Gasteiger partial charge in [0.25, 0.3) is 0 Å². The molecule has 0 aliphatic rings. The largest absolute Gasteiger partial charge is 0.382 e. The average Bonchev–Trinajstić information content (AvgIpc) is 2.54. The summed E-state index contributed by atoms with van der Waals surface area (Å²) in [6.07, 6.45) is 1.91. The minimum absolute atomic E-state index is 0.645. The zero-order valence-corrected chi connectivity index (χ0v) is 14.7. The molecule has 0 spiro atoms. The topological polar surface area (TPSA) is 54.9 Å². The number of benzene rings is 1. The maximum absolute atomic E-state index is 5.43. The van der Waals surface area contributed by atoms with E-state index in [1.165, 1.54) is 11.1 Å². The summed E-state index contributed by atoms with van der Waals surface area (Å²) in [6, 6.07) is 8.61. The SMILES string of the molecule is CCNC(=NCCCOCCOC)NCCc1cccc(C)c1. The highest BCUT2D eigenvalue weighted by molar-refractivity contribution is 5.79. The van der Waals surface area contributed by atoms with E-state index in [9.17, 15) is 0 Å². The maximum atomic E-state index is 5.43. The number of nitrogens with one attached hydrogen (secondary N) is 2. The smallest absolute Gasteiger partial charge is 0.191 e. The van der Waals surface area contributed by atoms with Gasteiger partial charge in [-0.1, -0.05) is 29.8 Å². The van der Waals surface area contributed by atoms with Crippen LogP contribution < -0.4 is 10.6 Å². The van der Waals surface area contributed by atoms with E-state index in [1.807, 2.05) is 0 Å². The molecular weight excluding hydrogens is 290 g/mol. The van der Waals surface area contributed by atoms with Crippen molar-refractivity contribution in [1.29, 1.82) is 0 Å². The van der Waals surface area contributed by atoms with Gasteiger partial charge in [0, 0.05) is 33.4 Å². The lowest BCUT2D eigenvalue weighted by atomic mass is 10.1. The van der Waals surface area contributed by atoms with Gasteiger partial charge in [-0.3, -0.25) is 4.99 Å². The summed E-state index contributed by atoms with van der Waals surface area (Å²) in [4.78, 5) is 4.56. The summed E-state index contributed by atoms with van der Waals surface area (Å²) in [5, 5.41) is 6.65. The standard InChI is InChI=1S/C18H31N3O2/c1-4-19-18(20-10-6-12-23-14-13-22-3)21-11-9-17-8-5-7-16(2)15-17/h5,7-8,15H,4,6,9-14H2,1-3H3,(H2,19,20,21). The van der Waals surface area contributed by atoms with Gasteiger partial charge in [-0.05, 0) is 32.3 Å². The van der Waals surface area contributed by atoms with Crippen LogP contribution in [0.15, 0.2) is 29.3 Å². The van der Waals surface area contributed by atoms with Gasteiger partial charge in [-0.15, -0.1) is 0 Å². The average molecular weight is 321 g/mol. The zero-order chi connectivity index (χ0) is 16.8. The lowest BCUT2D eigenvalue weighted by Gasteiger charge is -2.11. The van der Waals surface area contributed by atoms with Gasteiger partial charge in [0.2, 0.25) is 0 Å². The molecule has 0 saturated carbocycles. The fraction of sp³-hybridized carbons (Fsp3) is 0.611. The molecule has 1 rings (SSSR count). The molecule has 0 unspecified atom stereocenters. The van der Waals surface area contributed by atoms with Crippen LogP contribution in [0.5, 0.6) is 0 Å². The minimum Gasteiger partial charge on any atom is -0.382 e. The van der Waals surface area contributed by atoms with Crippen LogP contribution in [0.3, 0.4) is 0 Å². The Morgan fingerprint density at radius 1 is 1.17 bits per heavy atom. The quantitative estimate of drug-likeness (QED) is 0.372. The van der Waals surface area contributed by atoms with Gasteiger partial charge in [-0.2, -0.15) is 0 Å². The van der Waals surface area contributed by atoms with Crippen LogP contribution in [0.25, 0.3) is 0 Å². The van der Waals surface area contributed by atoms with Crippen molar-refractivity contribution in [3.8, 4) is 0 Å². The molecule has 0 bridgehead atoms. The number of guanidine groups is 1. The van der Waals surface area contributed by atoms with Crippen LogP contribution in [0.4, 0.5) is 0 Å². The van der Waals surface area contributed by atoms with Crippen molar-refractivity contribution in [3.63, 3.8) is 0 Å². The number of ether oxygens (including phenoxy) is 2. The summed E-state index contributed by atoms with van der Waals surface area (Å²) in [7, 11) is 1.68. The van der Waals surface area contributed by atoms with Crippen LogP contribution in [0, 0.1) is 6.92 Å².